The predicted octanol–water partition coefficient (Wildman–Crippen LogP) is 3.63. The van der Waals surface area contributed by atoms with Gasteiger partial charge in [0.05, 0.1) is 41.7 Å². The Morgan fingerprint density at radius 3 is 2.69 bits per heavy atom. The Hall–Kier alpha value is -3.35. The summed E-state index contributed by atoms with van der Waals surface area (Å²) in [5.41, 5.74) is 1.33. The third-order valence-electron chi connectivity index (χ3n) is 6.89. The maximum Gasteiger partial charge on any atom is 0.408 e. The quantitative estimate of drug-likeness (QED) is 0.545. The molecule has 2 fully saturated rings. The van der Waals surface area contributed by atoms with Crippen molar-refractivity contribution in [3.63, 3.8) is 0 Å². The molecule has 0 aromatic carbocycles. The standard InChI is InChI=1S/C22H27F3N8O2/c1-3-21(4-5-21)31(2)20(34)28-16-12-27-29-18(16)15-10-17-14(11-26-15)19(32-6-8-35-9-7-32)30-33(17)13-22(23,24)25/h10-12H,3-9,13H2,1-2H3,(H,27,29)(H,28,34). The van der Waals surface area contributed by atoms with Crippen molar-refractivity contribution in [1.29, 1.82) is 0 Å². The molecule has 5 rings (SSSR count). The number of amides is 2. The number of rotatable bonds is 6. The summed E-state index contributed by atoms with van der Waals surface area (Å²) in [7, 11) is 1.76. The van der Waals surface area contributed by atoms with Gasteiger partial charge in [0.2, 0.25) is 0 Å². The van der Waals surface area contributed by atoms with Gasteiger partial charge < -0.3 is 19.9 Å². The molecule has 0 unspecified atom stereocenters. The summed E-state index contributed by atoms with van der Waals surface area (Å²) >= 11 is 0. The highest BCUT2D eigenvalue weighted by Crippen LogP contribution is 2.44. The summed E-state index contributed by atoms with van der Waals surface area (Å²) < 4.78 is 46.3. The van der Waals surface area contributed by atoms with E-state index in [1.54, 1.807) is 18.0 Å². The summed E-state index contributed by atoms with van der Waals surface area (Å²) in [6, 6.07) is 1.27. The first-order chi connectivity index (χ1) is 16.7. The van der Waals surface area contributed by atoms with Crippen LogP contribution in [0.1, 0.15) is 26.2 Å². The van der Waals surface area contributed by atoms with E-state index in [1.807, 2.05) is 4.90 Å². The lowest BCUT2D eigenvalue weighted by Crippen LogP contribution is -2.41. The van der Waals surface area contributed by atoms with Crippen molar-refractivity contribution in [2.45, 2.75) is 44.4 Å². The maximum absolute atomic E-state index is 13.3. The predicted molar refractivity (Wildman–Crippen MR) is 123 cm³/mol. The van der Waals surface area contributed by atoms with Gasteiger partial charge in [-0.1, -0.05) is 6.92 Å². The Morgan fingerprint density at radius 2 is 2.03 bits per heavy atom. The number of H-pyrrole nitrogens is 1. The Morgan fingerprint density at radius 1 is 1.29 bits per heavy atom. The number of anilines is 2. The van der Waals surface area contributed by atoms with Crippen molar-refractivity contribution >= 4 is 28.4 Å². The van der Waals surface area contributed by atoms with Crippen LogP contribution >= 0.6 is 0 Å². The minimum absolute atomic E-state index is 0.120. The smallest absolute Gasteiger partial charge is 0.378 e. The molecule has 0 atom stereocenters. The highest BCUT2D eigenvalue weighted by Gasteiger charge is 2.46. The number of aromatic nitrogens is 5. The molecule has 1 aliphatic carbocycles. The Kier molecular flexibility index (Phi) is 5.82. The molecule has 3 aromatic heterocycles. The van der Waals surface area contributed by atoms with Gasteiger partial charge in [-0.2, -0.15) is 23.4 Å². The first-order valence-electron chi connectivity index (χ1n) is 11.6. The van der Waals surface area contributed by atoms with E-state index < -0.39 is 12.7 Å². The average Bonchev–Trinajstić information content (AvgIpc) is 3.38. The third kappa shape index (κ3) is 4.51. The molecule has 0 bridgehead atoms. The van der Waals surface area contributed by atoms with Crippen LogP contribution in [-0.2, 0) is 11.3 Å². The van der Waals surface area contributed by atoms with Crippen LogP contribution in [0.15, 0.2) is 18.5 Å². The molecule has 4 heterocycles. The van der Waals surface area contributed by atoms with Crippen molar-refractivity contribution in [2.24, 2.45) is 0 Å². The van der Waals surface area contributed by atoms with E-state index in [1.165, 1.54) is 12.4 Å². The normalized spacial score (nSPS) is 17.6. The Labute approximate surface area is 199 Å². The summed E-state index contributed by atoms with van der Waals surface area (Å²) in [5, 5.41) is 14.5. The van der Waals surface area contributed by atoms with Gasteiger partial charge in [0, 0.05) is 31.9 Å². The number of halogens is 3. The number of fused-ring (bicyclic) bond motifs is 1. The fourth-order valence-electron chi connectivity index (χ4n) is 4.55. The lowest BCUT2D eigenvalue weighted by molar-refractivity contribution is -0.141. The van der Waals surface area contributed by atoms with Crippen LogP contribution < -0.4 is 10.2 Å². The molecule has 1 saturated heterocycles. The SMILES string of the molecule is CCC1(N(C)C(=O)Nc2cn[nH]c2-c2cc3c(cn2)c(N2CCOCC2)nn3CC(F)(F)F)CC1. The molecular weight excluding hydrogens is 465 g/mol. The van der Waals surface area contributed by atoms with E-state index in [4.69, 9.17) is 4.74 Å². The van der Waals surface area contributed by atoms with E-state index in [2.05, 4.69) is 32.5 Å². The van der Waals surface area contributed by atoms with Crippen LogP contribution in [0.5, 0.6) is 0 Å². The second-order valence-corrected chi connectivity index (χ2v) is 9.01. The lowest BCUT2D eigenvalue weighted by Gasteiger charge is -2.27. The molecule has 2 amide bonds. The van der Waals surface area contributed by atoms with Gasteiger partial charge in [-0.05, 0) is 25.3 Å². The molecule has 1 saturated carbocycles. The number of nitrogens with zero attached hydrogens (tertiary/aromatic N) is 6. The number of morpholine rings is 1. The van der Waals surface area contributed by atoms with Crippen molar-refractivity contribution in [1.82, 2.24) is 29.9 Å². The van der Waals surface area contributed by atoms with Crippen LogP contribution in [0.3, 0.4) is 0 Å². The monoisotopic (exact) mass is 492 g/mol. The molecule has 3 aromatic rings. The van der Waals surface area contributed by atoms with Crippen molar-refractivity contribution < 1.29 is 22.7 Å². The van der Waals surface area contributed by atoms with E-state index in [0.29, 0.717) is 60.1 Å². The van der Waals surface area contributed by atoms with E-state index in [9.17, 15) is 18.0 Å². The molecule has 10 nitrogen and oxygen atoms in total. The third-order valence-corrected chi connectivity index (χ3v) is 6.89. The van der Waals surface area contributed by atoms with Gasteiger partial charge >= 0.3 is 12.2 Å². The lowest BCUT2D eigenvalue weighted by atomic mass is 10.2. The van der Waals surface area contributed by atoms with Crippen LogP contribution in [0.25, 0.3) is 22.3 Å². The van der Waals surface area contributed by atoms with Gasteiger partial charge in [-0.25, -0.2) is 4.79 Å². The molecule has 2 aliphatic rings. The molecule has 1 aliphatic heterocycles. The number of hydrogen-bond donors (Lipinski definition) is 2. The average molecular weight is 493 g/mol. The Balaban J connectivity index is 1.48. The summed E-state index contributed by atoms with van der Waals surface area (Å²) in [5.74, 6) is 0.445. The minimum atomic E-state index is -4.44. The first kappa shape index (κ1) is 23.4. The molecule has 0 spiro atoms. The number of aromatic amines is 1. The second kappa shape index (κ2) is 8.70. The van der Waals surface area contributed by atoms with Gasteiger partial charge in [0.1, 0.15) is 12.2 Å². The van der Waals surface area contributed by atoms with E-state index in [-0.39, 0.29) is 11.6 Å². The molecule has 35 heavy (non-hydrogen) atoms. The number of pyridine rings is 1. The number of urea groups is 1. The summed E-state index contributed by atoms with van der Waals surface area (Å²) in [4.78, 5) is 20.9. The number of ether oxygens (including phenoxy) is 1. The van der Waals surface area contributed by atoms with E-state index in [0.717, 1.165) is 23.9 Å². The highest BCUT2D eigenvalue weighted by molar-refractivity contribution is 5.96. The minimum Gasteiger partial charge on any atom is -0.378 e. The number of alkyl halides is 3. The topological polar surface area (TPSA) is 104 Å². The van der Waals surface area contributed by atoms with Crippen LogP contribution in [0, 0.1) is 0 Å². The number of hydrogen-bond acceptors (Lipinski definition) is 6. The zero-order valence-corrected chi connectivity index (χ0v) is 19.5. The maximum atomic E-state index is 13.3. The number of carbonyl (C=O) groups is 1. The van der Waals surface area contributed by atoms with E-state index >= 15 is 0 Å². The number of carbonyl (C=O) groups excluding carboxylic acids is 1. The van der Waals surface area contributed by atoms with Gasteiger partial charge in [-0.3, -0.25) is 14.8 Å². The fourth-order valence-corrected chi connectivity index (χ4v) is 4.55. The fraction of sp³-hybridized carbons (Fsp3) is 0.545. The van der Waals surface area contributed by atoms with Crippen LogP contribution in [0.4, 0.5) is 29.5 Å². The Bertz CT molecular complexity index is 1230. The highest BCUT2D eigenvalue weighted by atomic mass is 19.4. The molecule has 13 heteroatoms. The van der Waals surface area contributed by atoms with Crippen LogP contribution in [0.2, 0.25) is 0 Å². The molecule has 2 N–H and O–H groups in total. The van der Waals surface area contributed by atoms with Gasteiger partial charge in [0.15, 0.2) is 5.82 Å². The van der Waals surface area contributed by atoms with Gasteiger partial charge in [-0.15, -0.1) is 0 Å². The molecule has 0 radical (unpaired) electrons. The number of nitrogens with one attached hydrogen (secondary N) is 2. The second-order valence-electron chi connectivity index (χ2n) is 9.01. The molecule has 188 valence electrons. The summed E-state index contributed by atoms with van der Waals surface area (Å²) in [6.45, 7) is 2.84. The molecular formula is C22H27F3N8O2. The summed E-state index contributed by atoms with van der Waals surface area (Å²) in [6.07, 6.45) is 1.31. The zero-order valence-electron chi connectivity index (χ0n) is 19.5. The van der Waals surface area contributed by atoms with Crippen molar-refractivity contribution in [3.05, 3.63) is 18.5 Å². The van der Waals surface area contributed by atoms with Crippen LogP contribution in [-0.4, -0.2) is 81.0 Å². The van der Waals surface area contributed by atoms with Gasteiger partial charge in [0.25, 0.3) is 0 Å². The first-order valence-corrected chi connectivity index (χ1v) is 11.6. The van der Waals surface area contributed by atoms with Crippen molar-refractivity contribution in [3.8, 4) is 11.4 Å². The van der Waals surface area contributed by atoms with Crippen molar-refractivity contribution in [2.75, 3.05) is 43.6 Å². The zero-order chi connectivity index (χ0) is 24.8. The largest absolute Gasteiger partial charge is 0.408 e.